The van der Waals surface area contributed by atoms with E-state index in [1.807, 2.05) is 13.8 Å². The van der Waals surface area contributed by atoms with Crippen molar-refractivity contribution in [3.05, 3.63) is 25.3 Å². The number of hydrogen-bond acceptors (Lipinski definition) is 8. The maximum Gasteiger partial charge on any atom is 0.312 e. The van der Waals surface area contributed by atoms with Gasteiger partial charge < -0.3 is 29.1 Å². The van der Waals surface area contributed by atoms with Crippen LogP contribution >= 0.6 is 0 Å². The standard InChI is InChI=1S/C28H43N3O7/c1-6-8-14-37-26(35)22-21-24(33)31(20(4)18-32)23(28(21)17-19(3)27(22,5)38-28)25(34)30(9-7-2)11-10-29-12-15-36-16-13-29/h6-7,19-23,32H,1-2,8-18H2,3-5H3/t19?,20-,21+,22-,23?,27+,28?/m1/s1. The molecule has 4 fully saturated rings. The van der Waals surface area contributed by atoms with E-state index in [2.05, 4.69) is 18.1 Å². The molecule has 38 heavy (non-hydrogen) atoms. The van der Waals surface area contributed by atoms with Gasteiger partial charge in [-0.2, -0.15) is 0 Å². The molecule has 0 aromatic rings. The summed E-state index contributed by atoms with van der Waals surface area (Å²) in [6.07, 6.45) is 4.32. The monoisotopic (exact) mass is 533 g/mol. The van der Waals surface area contributed by atoms with Crippen LogP contribution in [0.5, 0.6) is 0 Å². The highest BCUT2D eigenvalue weighted by Crippen LogP contribution is 2.65. The van der Waals surface area contributed by atoms with E-state index in [-0.39, 0.29) is 30.9 Å². The van der Waals surface area contributed by atoms with Gasteiger partial charge in [0, 0.05) is 32.7 Å². The Labute approximate surface area is 225 Å². The van der Waals surface area contributed by atoms with Gasteiger partial charge in [-0.1, -0.05) is 19.1 Å². The van der Waals surface area contributed by atoms with E-state index in [4.69, 9.17) is 14.2 Å². The molecule has 10 heteroatoms. The molecular formula is C28H43N3O7. The van der Waals surface area contributed by atoms with Gasteiger partial charge in [0.2, 0.25) is 11.8 Å². The minimum atomic E-state index is -1.17. The largest absolute Gasteiger partial charge is 0.465 e. The Kier molecular flexibility index (Phi) is 8.66. The zero-order chi connectivity index (χ0) is 27.7. The molecule has 3 unspecified atom stereocenters. The number of esters is 1. The van der Waals surface area contributed by atoms with E-state index in [1.54, 1.807) is 24.0 Å². The minimum absolute atomic E-state index is 0.0793. The molecule has 4 saturated heterocycles. The molecule has 0 radical (unpaired) electrons. The van der Waals surface area contributed by atoms with Crippen LogP contribution in [0.2, 0.25) is 0 Å². The molecular weight excluding hydrogens is 490 g/mol. The zero-order valence-corrected chi connectivity index (χ0v) is 23.0. The molecule has 2 amide bonds. The first-order valence-corrected chi connectivity index (χ1v) is 13.8. The second-order valence-corrected chi connectivity index (χ2v) is 11.3. The molecule has 2 bridgehead atoms. The molecule has 0 aromatic carbocycles. The van der Waals surface area contributed by atoms with Gasteiger partial charge in [-0.25, -0.2) is 0 Å². The van der Waals surface area contributed by atoms with Crippen molar-refractivity contribution in [1.29, 1.82) is 0 Å². The van der Waals surface area contributed by atoms with Crippen LogP contribution in [0.1, 0.15) is 33.6 Å². The normalized spacial score (nSPS) is 35.2. The third kappa shape index (κ3) is 4.69. The summed E-state index contributed by atoms with van der Waals surface area (Å²) in [5.74, 6) is -2.83. The van der Waals surface area contributed by atoms with Crippen LogP contribution < -0.4 is 0 Å². The molecule has 4 rings (SSSR count). The highest BCUT2D eigenvalue weighted by atomic mass is 16.6. The van der Waals surface area contributed by atoms with E-state index in [9.17, 15) is 19.5 Å². The first kappa shape index (κ1) is 28.7. The molecule has 4 aliphatic rings. The SMILES string of the molecule is C=CCCOC(=O)[C@H]1[C@H]2C(=O)N([C@H](C)CO)C(C(=O)N(CC=C)CCN3CCOCC3)C23CC(C)[C@]1(C)O3. The molecule has 0 aromatic heterocycles. The van der Waals surface area contributed by atoms with Gasteiger partial charge in [0.05, 0.1) is 44.0 Å². The van der Waals surface area contributed by atoms with Gasteiger partial charge in [0.25, 0.3) is 0 Å². The van der Waals surface area contributed by atoms with Crippen LogP contribution in [0.3, 0.4) is 0 Å². The third-order valence-corrected chi connectivity index (χ3v) is 9.00. The Balaban J connectivity index is 1.68. The number of amides is 2. The number of fused-ring (bicyclic) bond motifs is 1. The number of aliphatic hydroxyl groups excluding tert-OH is 1. The van der Waals surface area contributed by atoms with Gasteiger partial charge in [0.15, 0.2) is 0 Å². The minimum Gasteiger partial charge on any atom is -0.465 e. The van der Waals surface area contributed by atoms with E-state index < -0.39 is 41.1 Å². The summed E-state index contributed by atoms with van der Waals surface area (Å²) < 4.78 is 17.7. The van der Waals surface area contributed by atoms with Crippen molar-refractivity contribution in [2.24, 2.45) is 17.8 Å². The van der Waals surface area contributed by atoms with Crippen LogP contribution in [-0.2, 0) is 28.6 Å². The molecule has 1 spiro atoms. The molecule has 10 nitrogen and oxygen atoms in total. The number of hydrogen-bond donors (Lipinski definition) is 1. The summed E-state index contributed by atoms with van der Waals surface area (Å²) in [5.41, 5.74) is -2.11. The number of nitrogens with zero attached hydrogens (tertiary/aromatic N) is 3. The van der Waals surface area contributed by atoms with Crippen LogP contribution in [0.4, 0.5) is 0 Å². The predicted octanol–water partition coefficient (Wildman–Crippen LogP) is 0.844. The van der Waals surface area contributed by atoms with Crippen molar-refractivity contribution >= 4 is 17.8 Å². The molecule has 7 atom stereocenters. The van der Waals surface area contributed by atoms with Crippen molar-refractivity contribution in [1.82, 2.24) is 14.7 Å². The Morgan fingerprint density at radius 1 is 1.29 bits per heavy atom. The highest BCUT2D eigenvalue weighted by molar-refractivity contribution is 5.98. The quantitative estimate of drug-likeness (QED) is 0.223. The van der Waals surface area contributed by atoms with Crippen molar-refractivity contribution in [3.63, 3.8) is 0 Å². The Morgan fingerprint density at radius 2 is 2.00 bits per heavy atom. The second kappa shape index (κ2) is 11.5. The van der Waals surface area contributed by atoms with Crippen molar-refractivity contribution in [3.8, 4) is 0 Å². The highest BCUT2D eigenvalue weighted by Gasteiger charge is 2.80. The van der Waals surface area contributed by atoms with Crippen molar-refractivity contribution in [2.75, 3.05) is 59.2 Å². The van der Waals surface area contributed by atoms with Gasteiger partial charge >= 0.3 is 5.97 Å². The summed E-state index contributed by atoms with van der Waals surface area (Å²) >= 11 is 0. The smallest absolute Gasteiger partial charge is 0.312 e. The first-order chi connectivity index (χ1) is 18.2. The number of carbonyl (C=O) groups is 3. The van der Waals surface area contributed by atoms with Crippen molar-refractivity contribution < 1.29 is 33.7 Å². The molecule has 4 aliphatic heterocycles. The molecule has 0 aliphatic carbocycles. The van der Waals surface area contributed by atoms with Crippen LogP contribution in [0, 0.1) is 17.8 Å². The van der Waals surface area contributed by atoms with E-state index in [1.165, 1.54) is 4.90 Å². The van der Waals surface area contributed by atoms with Crippen LogP contribution in [0.25, 0.3) is 0 Å². The van der Waals surface area contributed by atoms with Crippen LogP contribution in [-0.4, -0.2) is 120 Å². The van der Waals surface area contributed by atoms with Crippen molar-refractivity contribution in [2.45, 2.75) is 56.9 Å². The number of likely N-dealkylation sites (tertiary alicyclic amines) is 1. The molecule has 1 N–H and O–H groups in total. The lowest BCUT2D eigenvalue weighted by Gasteiger charge is -2.39. The maximum absolute atomic E-state index is 14.4. The lowest BCUT2D eigenvalue weighted by Crippen LogP contribution is -2.59. The van der Waals surface area contributed by atoms with Gasteiger partial charge in [-0.15, -0.1) is 13.2 Å². The van der Waals surface area contributed by atoms with Gasteiger partial charge in [-0.3, -0.25) is 19.3 Å². The fraction of sp³-hybridized carbons (Fsp3) is 0.750. The van der Waals surface area contributed by atoms with E-state index in [0.717, 1.165) is 13.1 Å². The number of rotatable bonds is 12. The van der Waals surface area contributed by atoms with Crippen LogP contribution in [0.15, 0.2) is 25.3 Å². The van der Waals surface area contributed by atoms with Gasteiger partial charge in [0.1, 0.15) is 17.6 Å². The molecule has 4 heterocycles. The molecule has 212 valence electrons. The summed E-state index contributed by atoms with van der Waals surface area (Å²) in [4.78, 5) is 47.3. The predicted molar refractivity (Wildman–Crippen MR) is 140 cm³/mol. The first-order valence-electron chi connectivity index (χ1n) is 13.8. The topological polar surface area (TPSA) is 109 Å². The molecule has 0 saturated carbocycles. The van der Waals surface area contributed by atoms with E-state index in [0.29, 0.717) is 45.7 Å². The average molecular weight is 534 g/mol. The summed E-state index contributed by atoms with van der Waals surface area (Å²) in [7, 11) is 0. The fourth-order valence-electron chi connectivity index (χ4n) is 6.92. The van der Waals surface area contributed by atoms with E-state index >= 15 is 0 Å². The fourth-order valence-corrected chi connectivity index (χ4v) is 6.92. The van der Waals surface area contributed by atoms with Gasteiger partial charge in [-0.05, 0) is 32.6 Å². The zero-order valence-electron chi connectivity index (χ0n) is 23.0. The number of carbonyl (C=O) groups excluding carboxylic acids is 3. The Morgan fingerprint density at radius 3 is 2.63 bits per heavy atom. The lowest BCUT2D eigenvalue weighted by atomic mass is 9.62. The number of aliphatic hydroxyl groups is 1. The third-order valence-electron chi connectivity index (χ3n) is 9.00. The summed E-state index contributed by atoms with van der Waals surface area (Å²) in [5, 5.41) is 10.1. The maximum atomic E-state index is 14.4. The second-order valence-electron chi connectivity index (χ2n) is 11.3. The average Bonchev–Trinajstić information content (AvgIpc) is 3.43. The summed E-state index contributed by atoms with van der Waals surface area (Å²) in [6.45, 7) is 17.3. The lowest BCUT2D eigenvalue weighted by molar-refractivity contribution is -0.163. The summed E-state index contributed by atoms with van der Waals surface area (Å²) in [6, 6.07) is -1.58. The Bertz CT molecular complexity index is 937. The Hall–Kier alpha value is -2.27. The number of morpholine rings is 1. The number of ether oxygens (including phenoxy) is 3.